The Morgan fingerprint density at radius 3 is 2.41 bits per heavy atom. The first-order chi connectivity index (χ1) is 10.5. The molecule has 0 fully saturated rings. The second kappa shape index (κ2) is 7.56. The van der Waals surface area contributed by atoms with Crippen LogP contribution in [0.3, 0.4) is 0 Å². The van der Waals surface area contributed by atoms with Crippen LogP contribution in [0.4, 0.5) is 5.69 Å². The molecule has 0 aliphatic heterocycles. The van der Waals surface area contributed by atoms with Crippen molar-refractivity contribution < 1.29 is 4.79 Å². The molecule has 1 amide bonds. The van der Waals surface area contributed by atoms with E-state index in [4.69, 9.17) is 0 Å². The number of carbonyl (C=O) groups is 1. The summed E-state index contributed by atoms with van der Waals surface area (Å²) in [5.41, 5.74) is 2.72. The zero-order valence-electron chi connectivity index (χ0n) is 13.2. The van der Waals surface area contributed by atoms with Gasteiger partial charge in [-0.05, 0) is 51.4 Å². The molecule has 0 atom stereocenters. The molecule has 0 saturated heterocycles. The summed E-state index contributed by atoms with van der Waals surface area (Å²) in [5, 5.41) is 0. The van der Waals surface area contributed by atoms with Gasteiger partial charge in [0.15, 0.2) is 0 Å². The van der Waals surface area contributed by atoms with E-state index < -0.39 is 0 Å². The molecule has 0 radical (unpaired) electrons. The van der Waals surface area contributed by atoms with Crippen molar-refractivity contribution in [3.63, 3.8) is 0 Å². The Morgan fingerprint density at radius 1 is 1.05 bits per heavy atom. The zero-order chi connectivity index (χ0) is 16.1. The van der Waals surface area contributed by atoms with E-state index in [9.17, 15) is 4.79 Å². The van der Waals surface area contributed by atoms with Gasteiger partial charge in [-0.25, -0.2) is 0 Å². The quantitative estimate of drug-likeness (QED) is 0.805. The van der Waals surface area contributed by atoms with Gasteiger partial charge in [0, 0.05) is 28.8 Å². The van der Waals surface area contributed by atoms with Crippen LogP contribution in [0.25, 0.3) is 0 Å². The first kappa shape index (κ1) is 16.7. The highest BCUT2D eigenvalue weighted by Gasteiger charge is 2.18. The van der Waals surface area contributed by atoms with Gasteiger partial charge < -0.3 is 9.80 Å². The van der Waals surface area contributed by atoms with E-state index in [1.165, 1.54) is 0 Å². The lowest BCUT2D eigenvalue weighted by Gasteiger charge is -2.25. The summed E-state index contributed by atoms with van der Waals surface area (Å²) in [4.78, 5) is 16.8. The number of hydrogen-bond donors (Lipinski definition) is 0. The summed E-state index contributed by atoms with van der Waals surface area (Å²) in [6, 6.07) is 15.6. The van der Waals surface area contributed by atoms with E-state index >= 15 is 0 Å². The standard InChI is InChI=1S/C18H21BrN2O/c1-14-6-4-7-15(12-14)18(22)21(11-10-20(2)3)17-9-5-8-16(19)13-17/h4-9,12-13H,10-11H2,1-3H3. The normalized spacial score (nSPS) is 10.8. The van der Waals surface area contributed by atoms with E-state index in [1.807, 2.05) is 74.4 Å². The highest BCUT2D eigenvalue weighted by atomic mass is 79.9. The number of nitrogens with zero attached hydrogens (tertiary/aromatic N) is 2. The van der Waals surface area contributed by atoms with Crippen molar-refractivity contribution in [3.05, 3.63) is 64.1 Å². The highest BCUT2D eigenvalue weighted by Crippen LogP contribution is 2.22. The van der Waals surface area contributed by atoms with Crippen LogP contribution in [-0.2, 0) is 0 Å². The molecule has 3 nitrogen and oxygen atoms in total. The number of benzene rings is 2. The molecule has 0 aliphatic carbocycles. The number of carbonyl (C=O) groups excluding carboxylic acids is 1. The van der Waals surface area contributed by atoms with Gasteiger partial charge in [-0.3, -0.25) is 4.79 Å². The molecule has 0 heterocycles. The smallest absolute Gasteiger partial charge is 0.258 e. The molecule has 0 bridgehead atoms. The van der Waals surface area contributed by atoms with Crippen molar-refractivity contribution in [3.8, 4) is 0 Å². The van der Waals surface area contributed by atoms with Crippen molar-refractivity contribution in [2.75, 3.05) is 32.1 Å². The topological polar surface area (TPSA) is 23.6 Å². The lowest BCUT2D eigenvalue weighted by atomic mass is 10.1. The number of amides is 1. The summed E-state index contributed by atoms with van der Waals surface area (Å²) in [7, 11) is 4.02. The minimum Gasteiger partial charge on any atom is -0.308 e. The highest BCUT2D eigenvalue weighted by molar-refractivity contribution is 9.10. The van der Waals surface area contributed by atoms with E-state index in [1.54, 1.807) is 0 Å². The molecule has 22 heavy (non-hydrogen) atoms. The number of aryl methyl sites for hydroxylation is 1. The molecule has 116 valence electrons. The first-order valence-electron chi connectivity index (χ1n) is 7.26. The van der Waals surface area contributed by atoms with Gasteiger partial charge in [-0.2, -0.15) is 0 Å². The molecule has 0 unspecified atom stereocenters. The molecule has 0 saturated carbocycles. The molecule has 0 aromatic heterocycles. The molecular weight excluding hydrogens is 340 g/mol. The van der Waals surface area contributed by atoms with E-state index in [-0.39, 0.29) is 5.91 Å². The average molecular weight is 361 g/mol. The Balaban J connectivity index is 2.33. The molecular formula is C18H21BrN2O. The summed E-state index contributed by atoms with van der Waals surface area (Å²) in [6.45, 7) is 3.46. The fourth-order valence-electron chi connectivity index (χ4n) is 2.23. The van der Waals surface area contributed by atoms with Crippen LogP contribution in [0.2, 0.25) is 0 Å². The molecule has 2 rings (SSSR count). The summed E-state index contributed by atoms with van der Waals surface area (Å²) in [5.74, 6) is 0.0312. The van der Waals surface area contributed by atoms with Gasteiger partial charge in [0.05, 0.1) is 0 Å². The Bertz CT molecular complexity index is 655. The lowest BCUT2D eigenvalue weighted by molar-refractivity contribution is 0.0985. The largest absolute Gasteiger partial charge is 0.308 e. The second-order valence-electron chi connectivity index (χ2n) is 5.61. The fourth-order valence-corrected chi connectivity index (χ4v) is 2.61. The third-order valence-electron chi connectivity index (χ3n) is 3.40. The van der Waals surface area contributed by atoms with Crippen LogP contribution >= 0.6 is 15.9 Å². The second-order valence-corrected chi connectivity index (χ2v) is 6.53. The summed E-state index contributed by atoms with van der Waals surface area (Å²) in [6.07, 6.45) is 0. The Hall–Kier alpha value is -1.65. The summed E-state index contributed by atoms with van der Waals surface area (Å²) < 4.78 is 0.969. The van der Waals surface area contributed by atoms with Gasteiger partial charge in [-0.15, -0.1) is 0 Å². The van der Waals surface area contributed by atoms with Crippen molar-refractivity contribution in [2.45, 2.75) is 6.92 Å². The first-order valence-corrected chi connectivity index (χ1v) is 8.05. The molecule has 4 heteroatoms. The van der Waals surface area contributed by atoms with E-state index in [2.05, 4.69) is 20.8 Å². The Kier molecular flexibility index (Phi) is 5.75. The van der Waals surface area contributed by atoms with Crippen molar-refractivity contribution in [1.82, 2.24) is 4.90 Å². The molecule has 0 aliphatic rings. The van der Waals surface area contributed by atoms with Crippen molar-refractivity contribution >= 4 is 27.5 Å². The maximum Gasteiger partial charge on any atom is 0.258 e. The SMILES string of the molecule is Cc1cccc(C(=O)N(CCN(C)C)c2cccc(Br)c2)c1. The van der Waals surface area contributed by atoms with Crippen molar-refractivity contribution in [2.24, 2.45) is 0 Å². The van der Waals surface area contributed by atoms with Gasteiger partial charge in [-0.1, -0.05) is 39.7 Å². The predicted molar refractivity (Wildman–Crippen MR) is 95.6 cm³/mol. The minimum absolute atomic E-state index is 0.0312. The minimum atomic E-state index is 0.0312. The Labute approximate surface area is 140 Å². The number of rotatable bonds is 5. The lowest BCUT2D eigenvalue weighted by Crippen LogP contribution is -2.36. The van der Waals surface area contributed by atoms with Crippen LogP contribution in [0, 0.1) is 6.92 Å². The monoisotopic (exact) mass is 360 g/mol. The third-order valence-corrected chi connectivity index (χ3v) is 3.89. The predicted octanol–water partition coefficient (Wildman–Crippen LogP) is 3.97. The van der Waals surface area contributed by atoms with Gasteiger partial charge in [0.25, 0.3) is 5.91 Å². The third kappa shape index (κ3) is 4.42. The Morgan fingerprint density at radius 2 is 1.77 bits per heavy atom. The maximum absolute atomic E-state index is 12.9. The van der Waals surface area contributed by atoms with Crippen LogP contribution in [0.1, 0.15) is 15.9 Å². The van der Waals surface area contributed by atoms with Gasteiger partial charge in [0.2, 0.25) is 0 Å². The zero-order valence-corrected chi connectivity index (χ0v) is 14.8. The number of anilines is 1. The fraction of sp³-hybridized carbons (Fsp3) is 0.278. The maximum atomic E-state index is 12.9. The number of halogens is 1. The summed E-state index contributed by atoms with van der Waals surface area (Å²) >= 11 is 3.48. The molecule has 0 N–H and O–H groups in total. The number of hydrogen-bond acceptors (Lipinski definition) is 2. The van der Waals surface area contributed by atoms with Gasteiger partial charge >= 0.3 is 0 Å². The van der Waals surface area contributed by atoms with Crippen LogP contribution < -0.4 is 4.90 Å². The van der Waals surface area contributed by atoms with Crippen LogP contribution in [-0.4, -0.2) is 38.0 Å². The van der Waals surface area contributed by atoms with E-state index in [0.717, 1.165) is 27.8 Å². The molecule has 2 aromatic carbocycles. The number of likely N-dealkylation sites (N-methyl/N-ethyl adjacent to an activating group) is 1. The van der Waals surface area contributed by atoms with Crippen LogP contribution in [0.5, 0.6) is 0 Å². The van der Waals surface area contributed by atoms with E-state index in [0.29, 0.717) is 6.54 Å². The molecule has 2 aromatic rings. The average Bonchev–Trinajstić information content (AvgIpc) is 2.47. The van der Waals surface area contributed by atoms with Crippen LogP contribution in [0.15, 0.2) is 53.0 Å². The molecule has 0 spiro atoms. The van der Waals surface area contributed by atoms with Gasteiger partial charge in [0.1, 0.15) is 0 Å². The van der Waals surface area contributed by atoms with Crippen molar-refractivity contribution in [1.29, 1.82) is 0 Å².